The molecule has 1 heterocycles. The first kappa shape index (κ1) is 24.7. The number of ether oxygens (including phenoxy) is 1. The maximum absolute atomic E-state index is 9.34. The van der Waals surface area contributed by atoms with Gasteiger partial charge in [0.25, 0.3) is 5.70 Å². The molecule has 164 valence electrons. The highest BCUT2D eigenvalue weighted by Crippen LogP contribution is 2.31. The zero-order valence-corrected chi connectivity index (χ0v) is 19.7. The van der Waals surface area contributed by atoms with Crippen LogP contribution in [0.4, 0.5) is 5.69 Å². The smallest absolute Gasteiger partial charge is 0.280 e. The molecule has 32 heavy (non-hydrogen) atoms. The van der Waals surface area contributed by atoms with Gasteiger partial charge >= 0.3 is 0 Å². The van der Waals surface area contributed by atoms with Crippen molar-refractivity contribution in [3.05, 3.63) is 62.8 Å². The molecule has 0 saturated heterocycles. The third-order valence-corrected chi connectivity index (χ3v) is 6.08. The van der Waals surface area contributed by atoms with Crippen molar-refractivity contribution in [3.63, 3.8) is 0 Å². The number of anilines is 1. The van der Waals surface area contributed by atoms with Gasteiger partial charge in [0, 0.05) is 40.2 Å². The topological polar surface area (TPSA) is 64.4 Å². The lowest BCUT2D eigenvalue weighted by molar-refractivity contribution is 0.414. The van der Waals surface area contributed by atoms with Crippen LogP contribution in [0.25, 0.3) is 22.6 Å². The van der Waals surface area contributed by atoms with Crippen molar-refractivity contribution >= 4 is 34.7 Å². The Balaban J connectivity index is 2.28. The molecule has 0 unspecified atom stereocenters. The van der Waals surface area contributed by atoms with Crippen molar-refractivity contribution in [1.82, 2.24) is 0 Å². The molecule has 0 spiro atoms. The van der Waals surface area contributed by atoms with E-state index in [9.17, 15) is 5.26 Å². The van der Waals surface area contributed by atoms with E-state index in [0.29, 0.717) is 4.88 Å². The van der Waals surface area contributed by atoms with Gasteiger partial charge in [0.2, 0.25) is 0 Å². The first-order valence-electron chi connectivity index (χ1n) is 10.7. The number of rotatable bonds is 11. The number of benzene rings is 1. The molecule has 0 amide bonds. The fraction of sp³-hybridized carbons (Fsp3) is 0.346. The summed E-state index contributed by atoms with van der Waals surface area (Å²) in [5.74, 6) is 0.811. The summed E-state index contributed by atoms with van der Waals surface area (Å²) in [6, 6.07) is 13.7. The minimum absolute atomic E-state index is 0.119. The molecule has 2 aromatic rings. The minimum atomic E-state index is -0.183. The molecular formula is C26H28N4OS. The maximum atomic E-state index is 9.34. The molecule has 5 nitrogen and oxygen atoms in total. The van der Waals surface area contributed by atoms with E-state index in [1.807, 2.05) is 24.3 Å². The van der Waals surface area contributed by atoms with Gasteiger partial charge in [0.15, 0.2) is 0 Å². The molecule has 1 aromatic heterocycles. The zero-order valence-electron chi connectivity index (χ0n) is 18.9. The summed E-state index contributed by atoms with van der Waals surface area (Å²) in [7, 11) is 1.68. The van der Waals surface area contributed by atoms with Gasteiger partial charge in [-0.1, -0.05) is 26.7 Å². The number of allylic oxidation sites excluding steroid dienone is 2. The summed E-state index contributed by atoms with van der Waals surface area (Å²) in [4.78, 5) is 7.12. The largest absolute Gasteiger partial charge is 0.496 e. The molecule has 6 heteroatoms. The standard InChI is InChI=1S/C26H28N4OS/c1-5-7-15-30(16-8-6-2)21-11-9-20(25(17-21)31-4)10-12-22-13-14-26(32-22)23(18-27)24(19-28)29-3/h9-14,17H,5-8,15-16H2,1-2,4H3/b12-10+,24-23-. The van der Waals surface area contributed by atoms with Crippen LogP contribution in [0.15, 0.2) is 36.0 Å². The second-order valence-electron chi connectivity index (χ2n) is 7.21. The highest BCUT2D eigenvalue weighted by atomic mass is 32.1. The van der Waals surface area contributed by atoms with E-state index in [1.165, 1.54) is 17.0 Å². The van der Waals surface area contributed by atoms with E-state index in [-0.39, 0.29) is 11.3 Å². The molecule has 2 rings (SSSR count). The Morgan fingerprint density at radius 1 is 1.09 bits per heavy atom. The molecule has 0 fully saturated rings. The van der Waals surface area contributed by atoms with E-state index >= 15 is 0 Å². The van der Waals surface area contributed by atoms with Crippen LogP contribution >= 0.6 is 11.3 Å². The minimum Gasteiger partial charge on any atom is -0.496 e. The van der Waals surface area contributed by atoms with E-state index < -0.39 is 0 Å². The quantitative estimate of drug-likeness (QED) is 0.276. The SMILES string of the molecule is [C-]#[N+]/C(C#N)=C(/C#N)c1ccc(/C=C/c2ccc(N(CCCC)CCCC)cc2OC)s1. The summed E-state index contributed by atoms with van der Waals surface area (Å²) in [6.07, 6.45) is 8.59. The van der Waals surface area contributed by atoms with Gasteiger partial charge in [0.1, 0.15) is 5.75 Å². The lowest BCUT2D eigenvalue weighted by Gasteiger charge is -2.25. The maximum Gasteiger partial charge on any atom is 0.280 e. The fourth-order valence-electron chi connectivity index (χ4n) is 3.21. The molecule has 1 aromatic carbocycles. The van der Waals surface area contributed by atoms with E-state index in [0.717, 1.165) is 55.0 Å². The highest BCUT2D eigenvalue weighted by molar-refractivity contribution is 7.14. The summed E-state index contributed by atoms with van der Waals surface area (Å²) in [5.41, 5.74) is 2.07. The van der Waals surface area contributed by atoms with Gasteiger partial charge < -0.3 is 9.64 Å². The van der Waals surface area contributed by atoms with Gasteiger partial charge in [0.05, 0.1) is 31.4 Å². The van der Waals surface area contributed by atoms with Crippen LogP contribution in [0.3, 0.4) is 0 Å². The van der Waals surface area contributed by atoms with Crippen molar-refractivity contribution < 1.29 is 4.74 Å². The first-order chi connectivity index (χ1) is 15.6. The Labute approximate surface area is 195 Å². The van der Waals surface area contributed by atoms with Crippen molar-refractivity contribution in [1.29, 1.82) is 10.5 Å². The fourth-order valence-corrected chi connectivity index (χ4v) is 4.12. The molecule has 0 atom stereocenters. The number of nitriles is 2. The third kappa shape index (κ3) is 6.48. The Bertz CT molecular complexity index is 1070. The Morgan fingerprint density at radius 2 is 1.81 bits per heavy atom. The molecule has 0 bridgehead atoms. The molecular weight excluding hydrogens is 416 g/mol. The van der Waals surface area contributed by atoms with Crippen molar-refractivity contribution in [2.75, 3.05) is 25.1 Å². The van der Waals surface area contributed by atoms with Gasteiger partial charge in [-0.05, 0) is 49.3 Å². The van der Waals surface area contributed by atoms with E-state index in [4.69, 9.17) is 16.6 Å². The monoisotopic (exact) mass is 444 g/mol. The zero-order chi connectivity index (χ0) is 23.3. The van der Waals surface area contributed by atoms with Crippen LogP contribution in [0.5, 0.6) is 5.75 Å². The molecule has 0 N–H and O–H groups in total. The van der Waals surface area contributed by atoms with Gasteiger partial charge in [-0.2, -0.15) is 5.26 Å². The average molecular weight is 445 g/mol. The van der Waals surface area contributed by atoms with Crippen LogP contribution in [0, 0.1) is 29.2 Å². The number of hydrogen-bond donors (Lipinski definition) is 0. The van der Waals surface area contributed by atoms with Crippen LogP contribution in [-0.2, 0) is 0 Å². The predicted molar refractivity (Wildman–Crippen MR) is 133 cm³/mol. The highest BCUT2D eigenvalue weighted by Gasteiger charge is 2.12. The van der Waals surface area contributed by atoms with Crippen LogP contribution < -0.4 is 9.64 Å². The van der Waals surface area contributed by atoms with E-state index in [1.54, 1.807) is 19.2 Å². The predicted octanol–water partition coefficient (Wildman–Crippen LogP) is 7.01. The Kier molecular flexibility index (Phi) is 10.1. The molecule has 0 radical (unpaired) electrons. The van der Waals surface area contributed by atoms with Crippen LogP contribution in [-0.4, -0.2) is 20.2 Å². The second-order valence-corrected chi connectivity index (χ2v) is 8.33. The third-order valence-electron chi connectivity index (χ3n) is 5.01. The van der Waals surface area contributed by atoms with Gasteiger partial charge in [-0.25, -0.2) is 10.1 Å². The van der Waals surface area contributed by atoms with Gasteiger partial charge in [-0.3, -0.25) is 0 Å². The van der Waals surface area contributed by atoms with Crippen molar-refractivity contribution in [3.8, 4) is 17.9 Å². The summed E-state index contributed by atoms with van der Waals surface area (Å²) in [5, 5.41) is 18.4. The van der Waals surface area contributed by atoms with E-state index in [2.05, 4.69) is 41.8 Å². The average Bonchev–Trinajstić information content (AvgIpc) is 3.29. The summed E-state index contributed by atoms with van der Waals surface area (Å²) >= 11 is 1.37. The molecule has 0 aliphatic carbocycles. The molecule has 0 aliphatic heterocycles. The van der Waals surface area contributed by atoms with Crippen LogP contribution in [0.2, 0.25) is 0 Å². The van der Waals surface area contributed by atoms with Crippen molar-refractivity contribution in [2.24, 2.45) is 0 Å². The number of unbranched alkanes of at least 4 members (excludes halogenated alkanes) is 2. The van der Waals surface area contributed by atoms with Crippen molar-refractivity contribution in [2.45, 2.75) is 39.5 Å². The first-order valence-corrected chi connectivity index (χ1v) is 11.6. The van der Waals surface area contributed by atoms with Crippen LogP contribution in [0.1, 0.15) is 54.8 Å². The summed E-state index contributed by atoms with van der Waals surface area (Å²) in [6.45, 7) is 13.6. The molecule has 0 aliphatic rings. The lowest BCUT2D eigenvalue weighted by atomic mass is 10.1. The lowest BCUT2D eigenvalue weighted by Crippen LogP contribution is -2.25. The number of nitrogens with zero attached hydrogens (tertiary/aromatic N) is 4. The second kappa shape index (κ2) is 13.0. The Hall–Kier alpha value is -3.53. The number of thiophene rings is 1. The molecule has 0 saturated carbocycles. The van der Waals surface area contributed by atoms with Gasteiger partial charge in [-0.15, -0.1) is 11.3 Å². The number of methoxy groups -OCH3 is 1. The summed E-state index contributed by atoms with van der Waals surface area (Å²) < 4.78 is 5.66. The Morgan fingerprint density at radius 3 is 2.38 bits per heavy atom. The number of hydrogen-bond acceptors (Lipinski definition) is 5. The normalized spacial score (nSPS) is 11.4.